The van der Waals surface area contributed by atoms with Crippen LogP contribution in [0.1, 0.15) is 6.92 Å². The summed E-state index contributed by atoms with van der Waals surface area (Å²) in [6, 6.07) is -0.956. The van der Waals surface area contributed by atoms with Crippen LogP contribution in [0, 0.1) is 0 Å². The van der Waals surface area contributed by atoms with Crippen LogP contribution in [0.15, 0.2) is 0 Å². The first kappa shape index (κ1) is 12.2. The number of carbonyl (C=O) groups excluding carboxylic acids is 2. The molecule has 0 fully saturated rings. The van der Waals surface area contributed by atoms with E-state index in [2.05, 4.69) is 22.1 Å². The van der Waals surface area contributed by atoms with Gasteiger partial charge in [-0.05, 0) is 6.92 Å². The molecule has 6 nitrogen and oxygen atoms in total. The molecule has 0 aromatic heterocycles. The molecule has 0 saturated heterocycles. The van der Waals surface area contributed by atoms with Crippen LogP contribution in [-0.4, -0.2) is 25.7 Å². The third-order valence-electron chi connectivity index (χ3n) is 0.597. The second kappa shape index (κ2) is 8.54. The summed E-state index contributed by atoms with van der Waals surface area (Å²) in [6.45, 7) is 2.42. The number of nitrogens with one attached hydrogen (secondary N) is 2. The highest BCUT2D eigenvalue weighted by molar-refractivity contribution is 5.71. The van der Waals surface area contributed by atoms with E-state index in [9.17, 15) is 9.59 Å². The summed E-state index contributed by atoms with van der Waals surface area (Å²) < 4.78 is 0. The monoisotopic (exact) mass is 162 g/mol. The molecule has 0 aromatic rings. The van der Waals surface area contributed by atoms with Gasteiger partial charge in [0.2, 0.25) is 0 Å². The molecule has 0 saturated carbocycles. The van der Waals surface area contributed by atoms with Gasteiger partial charge in [0.05, 0.1) is 0 Å². The van der Waals surface area contributed by atoms with Crippen LogP contribution >= 0.6 is 0 Å². The van der Waals surface area contributed by atoms with E-state index in [1.165, 1.54) is 7.05 Å². The zero-order valence-corrected chi connectivity index (χ0v) is 6.68. The lowest BCUT2D eigenvalue weighted by atomic mass is 10.7. The minimum atomic E-state index is -0.495. The summed E-state index contributed by atoms with van der Waals surface area (Å²) in [7, 11) is 1.47. The van der Waals surface area contributed by atoms with E-state index < -0.39 is 12.1 Å². The molecule has 66 valence electrons. The van der Waals surface area contributed by atoms with Crippen molar-refractivity contribution < 1.29 is 9.59 Å². The lowest BCUT2D eigenvalue weighted by Crippen LogP contribution is -2.28. The highest BCUT2D eigenvalue weighted by Gasteiger charge is 1.79. The molecule has 6 heteroatoms. The number of nitrogens with two attached hydrogens (primary N) is 2. The Labute approximate surface area is 65.3 Å². The van der Waals surface area contributed by atoms with Crippen molar-refractivity contribution in [2.75, 3.05) is 13.6 Å². The van der Waals surface area contributed by atoms with Crippen molar-refractivity contribution in [1.29, 1.82) is 0 Å². The fraction of sp³-hybridized carbons (Fsp3) is 0.600. The molecule has 4 amide bonds. The Balaban J connectivity index is 0. The van der Waals surface area contributed by atoms with Crippen molar-refractivity contribution in [3.8, 4) is 0 Å². The molecular weight excluding hydrogens is 148 g/mol. The summed E-state index contributed by atoms with van der Waals surface area (Å²) in [5.74, 6) is 0. The molecule has 6 N–H and O–H groups in total. The Morgan fingerprint density at radius 2 is 1.64 bits per heavy atom. The first-order valence-electron chi connectivity index (χ1n) is 3.05. The van der Waals surface area contributed by atoms with Gasteiger partial charge in [0.15, 0.2) is 0 Å². The predicted molar refractivity (Wildman–Crippen MR) is 41.9 cm³/mol. The van der Waals surface area contributed by atoms with E-state index in [-0.39, 0.29) is 0 Å². The van der Waals surface area contributed by atoms with Crippen LogP contribution in [0.5, 0.6) is 0 Å². The topological polar surface area (TPSA) is 110 Å². The van der Waals surface area contributed by atoms with E-state index in [1.807, 2.05) is 6.92 Å². The average molecular weight is 162 g/mol. The molecule has 0 bridgehead atoms. The number of amides is 4. The van der Waals surface area contributed by atoms with Crippen LogP contribution in [0.2, 0.25) is 0 Å². The largest absolute Gasteiger partial charge is 0.352 e. The van der Waals surface area contributed by atoms with Gasteiger partial charge in [-0.25, -0.2) is 9.59 Å². The Hall–Kier alpha value is -1.46. The van der Waals surface area contributed by atoms with Crippen molar-refractivity contribution in [2.24, 2.45) is 11.5 Å². The summed E-state index contributed by atoms with van der Waals surface area (Å²) >= 11 is 0. The maximum absolute atomic E-state index is 9.71. The normalized spacial score (nSPS) is 7.09. The fourth-order valence-electron chi connectivity index (χ4n) is 0.174. The lowest BCUT2D eigenvalue weighted by Gasteiger charge is -1.88. The maximum atomic E-state index is 9.71. The van der Waals surface area contributed by atoms with Gasteiger partial charge in [0, 0.05) is 13.6 Å². The molecule has 0 aliphatic heterocycles. The number of primary amides is 2. The second-order valence-electron chi connectivity index (χ2n) is 1.51. The Morgan fingerprint density at radius 3 is 1.64 bits per heavy atom. The van der Waals surface area contributed by atoms with E-state index >= 15 is 0 Å². The van der Waals surface area contributed by atoms with Gasteiger partial charge in [-0.15, -0.1) is 0 Å². The molecular formula is C5H14N4O2. The Kier molecular flexibility index (Phi) is 9.50. The van der Waals surface area contributed by atoms with E-state index in [0.29, 0.717) is 6.54 Å². The minimum Gasteiger partial charge on any atom is -0.352 e. The van der Waals surface area contributed by atoms with Crippen LogP contribution in [0.3, 0.4) is 0 Å². The number of hydrogen-bond acceptors (Lipinski definition) is 2. The number of urea groups is 2. The van der Waals surface area contributed by atoms with Crippen molar-refractivity contribution in [1.82, 2.24) is 10.6 Å². The summed E-state index contributed by atoms with van der Waals surface area (Å²) in [5, 5.41) is 4.51. The van der Waals surface area contributed by atoms with Crippen LogP contribution < -0.4 is 22.1 Å². The van der Waals surface area contributed by atoms with Crippen molar-refractivity contribution in [3.63, 3.8) is 0 Å². The third-order valence-corrected chi connectivity index (χ3v) is 0.597. The lowest BCUT2D eigenvalue weighted by molar-refractivity contribution is 0.249. The summed E-state index contributed by atoms with van der Waals surface area (Å²) in [4.78, 5) is 19.2. The van der Waals surface area contributed by atoms with Crippen LogP contribution in [0.4, 0.5) is 9.59 Å². The maximum Gasteiger partial charge on any atom is 0.312 e. The van der Waals surface area contributed by atoms with Gasteiger partial charge >= 0.3 is 12.1 Å². The van der Waals surface area contributed by atoms with Gasteiger partial charge in [-0.3, -0.25) is 0 Å². The molecule has 0 spiro atoms. The highest BCUT2D eigenvalue weighted by Crippen LogP contribution is 1.49. The molecule has 0 atom stereocenters. The van der Waals surface area contributed by atoms with E-state index in [4.69, 9.17) is 0 Å². The zero-order valence-electron chi connectivity index (χ0n) is 6.68. The average Bonchev–Trinajstić information content (AvgIpc) is 1.89. The summed E-state index contributed by atoms with van der Waals surface area (Å²) in [6.07, 6.45) is 0. The molecule has 0 aromatic carbocycles. The number of rotatable bonds is 1. The Bertz CT molecular complexity index is 126. The van der Waals surface area contributed by atoms with Gasteiger partial charge in [0.1, 0.15) is 0 Å². The molecule has 0 rings (SSSR count). The number of hydrogen-bond donors (Lipinski definition) is 4. The molecule has 0 heterocycles. The van der Waals surface area contributed by atoms with Gasteiger partial charge in [-0.2, -0.15) is 0 Å². The van der Waals surface area contributed by atoms with Gasteiger partial charge in [0.25, 0.3) is 0 Å². The fourth-order valence-corrected chi connectivity index (χ4v) is 0.174. The first-order chi connectivity index (χ1) is 5.04. The minimum absolute atomic E-state index is 0.461. The molecule has 0 unspecified atom stereocenters. The molecule has 0 aliphatic rings. The first-order valence-corrected chi connectivity index (χ1v) is 3.05. The molecule has 0 radical (unpaired) electrons. The molecule has 0 aliphatic carbocycles. The SMILES string of the molecule is CCNC(N)=O.CNC(N)=O. The molecule has 11 heavy (non-hydrogen) atoms. The third kappa shape index (κ3) is 29.1. The van der Waals surface area contributed by atoms with Gasteiger partial charge in [-0.1, -0.05) is 0 Å². The van der Waals surface area contributed by atoms with Crippen molar-refractivity contribution >= 4 is 12.1 Å². The Morgan fingerprint density at radius 1 is 1.27 bits per heavy atom. The standard InChI is InChI=1S/C3H8N2O.C2H6N2O/c1-2-5-3(4)6;1-4-2(3)5/h2H2,1H3,(H3,4,5,6);1H3,(H3,3,4,5). The van der Waals surface area contributed by atoms with Crippen molar-refractivity contribution in [2.45, 2.75) is 6.92 Å². The predicted octanol–water partition coefficient (Wildman–Crippen LogP) is -1.04. The van der Waals surface area contributed by atoms with Crippen LogP contribution in [0.25, 0.3) is 0 Å². The van der Waals surface area contributed by atoms with Gasteiger partial charge < -0.3 is 22.1 Å². The zero-order chi connectivity index (χ0) is 9.28. The smallest absolute Gasteiger partial charge is 0.312 e. The van der Waals surface area contributed by atoms with E-state index in [1.54, 1.807) is 0 Å². The van der Waals surface area contributed by atoms with Crippen LogP contribution in [-0.2, 0) is 0 Å². The van der Waals surface area contributed by atoms with Crippen molar-refractivity contribution in [3.05, 3.63) is 0 Å². The second-order valence-corrected chi connectivity index (χ2v) is 1.51. The quantitative estimate of drug-likeness (QED) is 0.395. The highest BCUT2D eigenvalue weighted by atomic mass is 16.2. The summed E-state index contributed by atoms with van der Waals surface area (Å²) in [5.41, 5.74) is 9.19. The van der Waals surface area contributed by atoms with E-state index in [0.717, 1.165) is 0 Å². The number of carbonyl (C=O) groups is 2.